The maximum Gasteiger partial charge on any atom is 0.221 e. The van der Waals surface area contributed by atoms with E-state index in [1.165, 1.54) is 6.33 Å². The zero-order chi connectivity index (χ0) is 13.4. The zero-order valence-electron chi connectivity index (χ0n) is 10.8. The molecule has 0 aliphatic rings. The van der Waals surface area contributed by atoms with Gasteiger partial charge in [-0.3, -0.25) is 4.79 Å². The Balaban J connectivity index is 2.71. The summed E-state index contributed by atoms with van der Waals surface area (Å²) < 4.78 is 0. The Hall–Kier alpha value is -1.89. The van der Waals surface area contributed by atoms with Crippen LogP contribution in [0.1, 0.15) is 25.3 Å². The molecule has 0 fully saturated rings. The van der Waals surface area contributed by atoms with E-state index in [9.17, 15) is 4.79 Å². The molecule has 0 saturated heterocycles. The van der Waals surface area contributed by atoms with Crippen LogP contribution in [0.5, 0.6) is 0 Å². The first-order valence-corrected chi connectivity index (χ1v) is 5.97. The lowest BCUT2D eigenvalue weighted by Crippen LogP contribution is -2.21. The van der Waals surface area contributed by atoms with Gasteiger partial charge in [0, 0.05) is 25.6 Å². The molecule has 0 saturated carbocycles. The molecule has 0 atom stereocenters. The van der Waals surface area contributed by atoms with Gasteiger partial charge in [0.25, 0.3) is 0 Å². The van der Waals surface area contributed by atoms with Crippen LogP contribution in [0.2, 0.25) is 0 Å². The van der Waals surface area contributed by atoms with E-state index in [1.807, 2.05) is 0 Å². The summed E-state index contributed by atoms with van der Waals surface area (Å²) in [5.74, 6) is 6.75. The molecular formula is C11H20N6O. The molecule has 0 spiro atoms. The number of nitrogens with zero attached hydrogens (tertiary/aromatic N) is 2. The first-order valence-electron chi connectivity index (χ1n) is 5.97. The van der Waals surface area contributed by atoms with Crippen molar-refractivity contribution < 1.29 is 4.79 Å². The van der Waals surface area contributed by atoms with Crippen molar-refractivity contribution in [3.8, 4) is 0 Å². The minimum Gasteiger partial charge on any atom is -0.369 e. The van der Waals surface area contributed by atoms with Crippen molar-refractivity contribution in [2.24, 2.45) is 5.84 Å². The van der Waals surface area contributed by atoms with Gasteiger partial charge in [-0.05, 0) is 6.42 Å². The number of hydrogen-bond donors (Lipinski definition) is 4. The second-order valence-corrected chi connectivity index (χ2v) is 3.79. The number of hydrogen-bond acceptors (Lipinski definition) is 6. The van der Waals surface area contributed by atoms with Gasteiger partial charge in [0.2, 0.25) is 5.91 Å². The van der Waals surface area contributed by atoms with Crippen molar-refractivity contribution in [3.05, 3.63) is 11.9 Å². The Morgan fingerprint density at radius 1 is 1.39 bits per heavy atom. The van der Waals surface area contributed by atoms with Gasteiger partial charge in [-0.2, -0.15) is 0 Å². The molecule has 0 unspecified atom stereocenters. The number of rotatable bonds is 7. The van der Waals surface area contributed by atoms with E-state index in [-0.39, 0.29) is 5.91 Å². The van der Waals surface area contributed by atoms with Gasteiger partial charge >= 0.3 is 0 Å². The Morgan fingerprint density at radius 2 is 2.11 bits per heavy atom. The van der Waals surface area contributed by atoms with Crippen molar-refractivity contribution >= 4 is 17.5 Å². The maximum absolute atomic E-state index is 11.1. The Labute approximate surface area is 107 Å². The fourth-order valence-corrected chi connectivity index (χ4v) is 1.60. The Bertz CT molecular complexity index is 395. The second kappa shape index (κ2) is 7.44. The van der Waals surface area contributed by atoms with Crippen molar-refractivity contribution in [3.63, 3.8) is 0 Å². The molecule has 0 radical (unpaired) electrons. The maximum atomic E-state index is 11.1. The number of anilines is 2. The monoisotopic (exact) mass is 252 g/mol. The standard InChI is InChI=1S/C11H20N6O/c1-3-4-8-10(14-6-5-9(18)13-2)15-7-16-11(8)17-12/h7H,3-6,12H2,1-2H3,(H,13,18)(H2,14,15,16,17). The molecule has 7 nitrogen and oxygen atoms in total. The molecule has 1 heterocycles. The minimum atomic E-state index is -0.00855. The highest BCUT2D eigenvalue weighted by molar-refractivity contribution is 5.76. The van der Waals surface area contributed by atoms with Crippen LogP contribution in [0.15, 0.2) is 6.33 Å². The van der Waals surface area contributed by atoms with E-state index < -0.39 is 0 Å². The van der Waals surface area contributed by atoms with E-state index in [4.69, 9.17) is 5.84 Å². The van der Waals surface area contributed by atoms with Gasteiger partial charge in [0.1, 0.15) is 18.0 Å². The van der Waals surface area contributed by atoms with Gasteiger partial charge in [-0.25, -0.2) is 15.8 Å². The van der Waals surface area contributed by atoms with Crippen molar-refractivity contribution in [1.82, 2.24) is 15.3 Å². The first-order chi connectivity index (χ1) is 8.72. The molecule has 5 N–H and O–H groups in total. The molecule has 100 valence electrons. The van der Waals surface area contributed by atoms with Crippen LogP contribution in [0, 0.1) is 0 Å². The molecule has 0 aromatic carbocycles. The smallest absolute Gasteiger partial charge is 0.221 e. The molecule has 1 aromatic heterocycles. The fraction of sp³-hybridized carbons (Fsp3) is 0.545. The second-order valence-electron chi connectivity index (χ2n) is 3.79. The van der Waals surface area contributed by atoms with Gasteiger partial charge in [0.05, 0.1) is 0 Å². The largest absolute Gasteiger partial charge is 0.369 e. The van der Waals surface area contributed by atoms with Crippen LogP contribution >= 0.6 is 0 Å². The lowest BCUT2D eigenvalue weighted by atomic mass is 10.1. The highest BCUT2D eigenvalue weighted by Crippen LogP contribution is 2.20. The summed E-state index contributed by atoms with van der Waals surface area (Å²) in [6.45, 7) is 2.60. The summed E-state index contributed by atoms with van der Waals surface area (Å²) in [5, 5.41) is 5.70. The van der Waals surface area contributed by atoms with E-state index in [2.05, 4.69) is 33.0 Å². The third-order valence-corrected chi connectivity index (χ3v) is 2.51. The Morgan fingerprint density at radius 3 is 2.72 bits per heavy atom. The lowest BCUT2D eigenvalue weighted by molar-refractivity contribution is -0.120. The molecule has 0 aliphatic carbocycles. The molecule has 0 aliphatic heterocycles. The van der Waals surface area contributed by atoms with Crippen molar-refractivity contribution in [2.75, 3.05) is 24.3 Å². The van der Waals surface area contributed by atoms with Crippen LogP contribution in [-0.4, -0.2) is 29.5 Å². The number of carbonyl (C=O) groups excluding carboxylic acids is 1. The van der Waals surface area contributed by atoms with Gasteiger partial charge in [-0.15, -0.1) is 0 Å². The van der Waals surface area contributed by atoms with Crippen LogP contribution in [0.25, 0.3) is 0 Å². The summed E-state index contributed by atoms with van der Waals surface area (Å²) in [4.78, 5) is 19.4. The summed E-state index contributed by atoms with van der Waals surface area (Å²) in [6.07, 6.45) is 3.63. The third kappa shape index (κ3) is 3.85. The van der Waals surface area contributed by atoms with E-state index in [0.717, 1.165) is 24.2 Å². The molecular weight excluding hydrogens is 232 g/mol. The number of nitrogen functional groups attached to an aromatic ring is 1. The summed E-state index contributed by atoms with van der Waals surface area (Å²) in [6, 6.07) is 0. The number of nitrogens with two attached hydrogens (primary N) is 1. The van der Waals surface area contributed by atoms with E-state index in [0.29, 0.717) is 18.8 Å². The highest BCUT2D eigenvalue weighted by atomic mass is 16.1. The number of hydrazine groups is 1. The number of nitrogens with one attached hydrogen (secondary N) is 3. The van der Waals surface area contributed by atoms with Crippen LogP contribution in [-0.2, 0) is 11.2 Å². The summed E-state index contributed by atoms with van der Waals surface area (Å²) >= 11 is 0. The number of carbonyl (C=O) groups is 1. The zero-order valence-corrected chi connectivity index (χ0v) is 10.8. The fourth-order valence-electron chi connectivity index (χ4n) is 1.60. The third-order valence-electron chi connectivity index (χ3n) is 2.51. The predicted molar refractivity (Wildman–Crippen MR) is 71.0 cm³/mol. The summed E-state index contributed by atoms with van der Waals surface area (Å²) in [7, 11) is 1.62. The molecule has 1 aromatic rings. The average molecular weight is 252 g/mol. The highest BCUT2D eigenvalue weighted by Gasteiger charge is 2.09. The quantitative estimate of drug-likeness (QED) is 0.410. The number of amides is 1. The van der Waals surface area contributed by atoms with Crippen LogP contribution in [0.3, 0.4) is 0 Å². The van der Waals surface area contributed by atoms with Crippen molar-refractivity contribution in [1.29, 1.82) is 0 Å². The molecule has 0 bridgehead atoms. The predicted octanol–water partition coefficient (Wildman–Crippen LogP) is 0.263. The van der Waals surface area contributed by atoms with Gasteiger partial charge in [0.15, 0.2) is 0 Å². The molecule has 1 amide bonds. The Kier molecular flexibility index (Phi) is 5.86. The minimum absolute atomic E-state index is 0.00855. The van der Waals surface area contributed by atoms with Crippen molar-refractivity contribution in [2.45, 2.75) is 26.2 Å². The topological polar surface area (TPSA) is 105 Å². The van der Waals surface area contributed by atoms with Crippen LogP contribution < -0.4 is 21.9 Å². The van der Waals surface area contributed by atoms with E-state index >= 15 is 0 Å². The van der Waals surface area contributed by atoms with Crippen LogP contribution in [0.4, 0.5) is 11.6 Å². The van der Waals surface area contributed by atoms with Gasteiger partial charge < -0.3 is 16.1 Å². The average Bonchev–Trinajstić information content (AvgIpc) is 2.40. The molecule has 18 heavy (non-hydrogen) atoms. The molecule has 7 heteroatoms. The lowest BCUT2D eigenvalue weighted by Gasteiger charge is -2.13. The van der Waals surface area contributed by atoms with Gasteiger partial charge in [-0.1, -0.05) is 13.3 Å². The SMILES string of the molecule is CCCc1c(NN)ncnc1NCCC(=O)NC. The molecule has 1 rings (SSSR count). The first kappa shape index (κ1) is 14.2. The summed E-state index contributed by atoms with van der Waals surface area (Å²) in [5.41, 5.74) is 3.50. The number of aromatic nitrogens is 2. The normalized spacial score (nSPS) is 9.94. The van der Waals surface area contributed by atoms with E-state index in [1.54, 1.807) is 7.05 Å².